The lowest BCUT2D eigenvalue weighted by atomic mass is 9.94. The fourth-order valence-electron chi connectivity index (χ4n) is 5.11. The van der Waals surface area contributed by atoms with Crippen molar-refractivity contribution in [2.24, 2.45) is 10.7 Å². The van der Waals surface area contributed by atoms with Gasteiger partial charge in [-0.3, -0.25) is 9.69 Å². The van der Waals surface area contributed by atoms with Gasteiger partial charge in [-0.15, -0.1) is 0 Å². The minimum Gasteiger partial charge on any atom is -0.356 e. The molecule has 3 amide bonds. The molecule has 180 valence electrons. The number of fused-ring (bicyclic) bond motifs is 1. The van der Waals surface area contributed by atoms with Crippen LogP contribution in [0.3, 0.4) is 0 Å². The summed E-state index contributed by atoms with van der Waals surface area (Å²) < 4.78 is 0. The molecule has 7 nitrogen and oxygen atoms in total. The molecule has 2 aliphatic rings. The topological polar surface area (TPSA) is 82.2 Å². The van der Waals surface area contributed by atoms with Gasteiger partial charge in [0.2, 0.25) is 6.17 Å². The molecular formula is C27H35N5O2. The Labute approximate surface area is 202 Å². The number of aliphatic imine (C=N–C) groups is 1. The van der Waals surface area contributed by atoms with Crippen molar-refractivity contribution in [3.63, 3.8) is 0 Å². The number of urea groups is 1. The summed E-state index contributed by atoms with van der Waals surface area (Å²) >= 11 is 0. The van der Waals surface area contributed by atoms with E-state index in [1.807, 2.05) is 56.3 Å². The maximum Gasteiger partial charge on any atom is 0.321 e. The first kappa shape index (κ1) is 23.8. The molecule has 0 spiro atoms. The van der Waals surface area contributed by atoms with Crippen molar-refractivity contribution in [2.75, 3.05) is 23.4 Å². The van der Waals surface area contributed by atoms with Gasteiger partial charge < -0.3 is 15.5 Å². The fourth-order valence-corrected chi connectivity index (χ4v) is 5.11. The number of primary amides is 1. The third-order valence-electron chi connectivity index (χ3n) is 6.83. The summed E-state index contributed by atoms with van der Waals surface area (Å²) in [5, 5.41) is 0. The van der Waals surface area contributed by atoms with E-state index >= 15 is 0 Å². The number of nitrogens with two attached hydrogens (primary N) is 1. The van der Waals surface area contributed by atoms with Crippen LogP contribution in [0.25, 0.3) is 0 Å². The van der Waals surface area contributed by atoms with Crippen LogP contribution >= 0.6 is 0 Å². The van der Waals surface area contributed by atoms with Gasteiger partial charge in [-0.2, -0.15) is 0 Å². The second-order valence-electron chi connectivity index (χ2n) is 9.28. The van der Waals surface area contributed by atoms with E-state index in [0.717, 1.165) is 41.9 Å². The van der Waals surface area contributed by atoms with Crippen molar-refractivity contribution < 1.29 is 9.59 Å². The van der Waals surface area contributed by atoms with Crippen molar-refractivity contribution in [2.45, 2.75) is 64.6 Å². The normalized spacial score (nSPS) is 18.7. The Bertz CT molecular complexity index is 1080. The van der Waals surface area contributed by atoms with Gasteiger partial charge in [0, 0.05) is 30.9 Å². The predicted octanol–water partition coefficient (Wildman–Crippen LogP) is 4.67. The van der Waals surface area contributed by atoms with Crippen LogP contribution in [0.2, 0.25) is 0 Å². The largest absolute Gasteiger partial charge is 0.356 e. The smallest absolute Gasteiger partial charge is 0.321 e. The number of amidine groups is 1. The molecule has 2 N–H and O–H groups in total. The first-order valence-electron chi connectivity index (χ1n) is 12.3. The van der Waals surface area contributed by atoms with E-state index < -0.39 is 12.2 Å². The summed E-state index contributed by atoms with van der Waals surface area (Å²) in [6, 6.07) is 15.0. The number of benzodiazepines with no additional fused rings is 1. The molecule has 34 heavy (non-hydrogen) atoms. The van der Waals surface area contributed by atoms with Gasteiger partial charge in [0.25, 0.3) is 5.91 Å². The van der Waals surface area contributed by atoms with E-state index in [1.165, 1.54) is 24.2 Å². The number of hydrogen-bond acceptors (Lipinski definition) is 4. The molecule has 2 aromatic rings. The molecule has 2 aromatic carbocycles. The average molecular weight is 462 g/mol. The highest BCUT2D eigenvalue weighted by molar-refractivity contribution is 6.14. The van der Waals surface area contributed by atoms with Gasteiger partial charge in [0.15, 0.2) is 0 Å². The predicted molar refractivity (Wildman–Crippen MR) is 137 cm³/mol. The number of aryl methyl sites for hydroxylation is 1. The third-order valence-corrected chi connectivity index (χ3v) is 6.83. The van der Waals surface area contributed by atoms with E-state index in [-0.39, 0.29) is 5.91 Å². The molecule has 0 unspecified atom stereocenters. The molecule has 0 aromatic heterocycles. The van der Waals surface area contributed by atoms with Crippen LogP contribution in [0.4, 0.5) is 16.2 Å². The second-order valence-corrected chi connectivity index (χ2v) is 9.28. The van der Waals surface area contributed by atoms with E-state index in [0.29, 0.717) is 18.3 Å². The Kier molecular flexibility index (Phi) is 7.20. The number of para-hydroxylation sites is 1. The highest BCUT2D eigenvalue weighted by Gasteiger charge is 2.39. The summed E-state index contributed by atoms with van der Waals surface area (Å²) in [5.41, 5.74) is 9.16. The van der Waals surface area contributed by atoms with Crippen molar-refractivity contribution in [3.8, 4) is 0 Å². The molecule has 4 rings (SSSR count). The highest BCUT2D eigenvalue weighted by atomic mass is 16.2. The Morgan fingerprint density at radius 3 is 2.53 bits per heavy atom. The minimum atomic E-state index is -1.08. The second kappa shape index (κ2) is 10.3. The molecule has 1 heterocycles. The maximum absolute atomic E-state index is 14.0. The number of rotatable bonds is 5. The van der Waals surface area contributed by atoms with Crippen LogP contribution in [-0.4, -0.2) is 48.5 Å². The minimum absolute atomic E-state index is 0.248. The molecule has 0 bridgehead atoms. The van der Waals surface area contributed by atoms with E-state index in [4.69, 9.17) is 10.7 Å². The number of carbonyl (C=O) groups excluding carboxylic acids is 2. The molecule has 0 radical (unpaired) electrons. The molecule has 1 aliphatic carbocycles. The Hall–Kier alpha value is -3.35. The molecule has 1 fully saturated rings. The SMILES string of the molecule is CCCN1C(=O)[C@@H](N(C(N)=O)c2cccc(C)c2)N=C(N(C)C2CCCCC2)c2ccccc21. The summed E-state index contributed by atoms with van der Waals surface area (Å²) in [4.78, 5) is 37.1. The number of benzene rings is 2. The van der Waals surface area contributed by atoms with Crippen LogP contribution < -0.4 is 15.5 Å². The van der Waals surface area contributed by atoms with Crippen LogP contribution in [0.1, 0.15) is 56.6 Å². The van der Waals surface area contributed by atoms with Gasteiger partial charge in [0.1, 0.15) is 5.84 Å². The van der Waals surface area contributed by atoms with E-state index in [2.05, 4.69) is 11.9 Å². The van der Waals surface area contributed by atoms with Gasteiger partial charge in [-0.05, 0) is 56.0 Å². The Morgan fingerprint density at radius 2 is 1.85 bits per heavy atom. The number of anilines is 2. The Balaban J connectivity index is 1.89. The van der Waals surface area contributed by atoms with E-state index in [1.54, 1.807) is 11.0 Å². The molecule has 7 heteroatoms. The van der Waals surface area contributed by atoms with Crippen LogP contribution in [0.5, 0.6) is 0 Å². The lowest BCUT2D eigenvalue weighted by molar-refractivity contribution is -0.119. The molecule has 1 atom stereocenters. The summed E-state index contributed by atoms with van der Waals surface area (Å²) in [6.07, 6.45) is 5.50. The lowest BCUT2D eigenvalue weighted by Crippen LogP contribution is -2.52. The van der Waals surface area contributed by atoms with Crippen LogP contribution in [0, 0.1) is 6.92 Å². The van der Waals surface area contributed by atoms with Crippen LogP contribution in [-0.2, 0) is 4.79 Å². The number of amides is 3. The lowest BCUT2D eigenvalue weighted by Gasteiger charge is -2.34. The number of hydrogen-bond donors (Lipinski definition) is 1. The zero-order chi connectivity index (χ0) is 24.2. The summed E-state index contributed by atoms with van der Waals surface area (Å²) in [5.74, 6) is 0.486. The molecule has 1 saturated carbocycles. The van der Waals surface area contributed by atoms with Gasteiger partial charge >= 0.3 is 6.03 Å². The number of nitrogens with zero attached hydrogens (tertiary/aromatic N) is 4. The molecule has 1 aliphatic heterocycles. The van der Waals surface area contributed by atoms with Crippen molar-refractivity contribution >= 4 is 29.1 Å². The molecule has 0 saturated heterocycles. The van der Waals surface area contributed by atoms with Crippen molar-refractivity contribution in [1.29, 1.82) is 0 Å². The fraction of sp³-hybridized carbons (Fsp3) is 0.444. The number of carbonyl (C=O) groups is 2. The summed E-state index contributed by atoms with van der Waals surface area (Å²) in [7, 11) is 2.06. The Morgan fingerprint density at radius 1 is 1.12 bits per heavy atom. The van der Waals surface area contributed by atoms with Gasteiger partial charge in [-0.1, -0.05) is 50.5 Å². The van der Waals surface area contributed by atoms with Gasteiger partial charge in [-0.25, -0.2) is 9.79 Å². The zero-order valence-corrected chi connectivity index (χ0v) is 20.4. The van der Waals surface area contributed by atoms with Gasteiger partial charge in [0.05, 0.1) is 5.69 Å². The zero-order valence-electron chi connectivity index (χ0n) is 20.4. The van der Waals surface area contributed by atoms with Crippen molar-refractivity contribution in [3.05, 3.63) is 59.7 Å². The van der Waals surface area contributed by atoms with Crippen LogP contribution in [0.15, 0.2) is 53.5 Å². The summed E-state index contributed by atoms with van der Waals surface area (Å²) in [6.45, 7) is 4.52. The average Bonchev–Trinajstić information content (AvgIpc) is 2.95. The first-order valence-corrected chi connectivity index (χ1v) is 12.3. The van der Waals surface area contributed by atoms with Crippen molar-refractivity contribution in [1.82, 2.24) is 4.90 Å². The highest BCUT2D eigenvalue weighted by Crippen LogP contribution is 2.32. The third kappa shape index (κ3) is 4.65. The standard InChI is InChI=1S/C27H35N5O2/c1-4-17-31-23-16-9-8-15-22(23)24(30(3)20-12-6-5-7-13-20)29-25(26(31)33)32(27(28)34)21-14-10-11-19(2)18-21/h8-11,14-16,18,20,25H,4-7,12-13,17H2,1-3H3,(H2,28,34)/t25-/m1/s1. The maximum atomic E-state index is 14.0. The monoisotopic (exact) mass is 461 g/mol. The van der Waals surface area contributed by atoms with E-state index in [9.17, 15) is 9.59 Å². The quantitative estimate of drug-likeness (QED) is 0.702. The molecular weight excluding hydrogens is 426 g/mol. The first-order chi connectivity index (χ1) is 16.4.